The first-order valence-corrected chi connectivity index (χ1v) is 8.85. The summed E-state index contributed by atoms with van der Waals surface area (Å²) in [6, 6.07) is 20.0. The summed E-state index contributed by atoms with van der Waals surface area (Å²) in [7, 11) is 0. The van der Waals surface area contributed by atoms with E-state index in [4.69, 9.17) is 4.74 Å². The molecule has 5 nitrogen and oxygen atoms in total. The van der Waals surface area contributed by atoms with Crippen molar-refractivity contribution in [2.75, 3.05) is 25.0 Å². The van der Waals surface area contributed by atoms with E-state index < -0.39 is 0 Å². The molecule has 1 aliphatic rings. The van der Waals surface area contributed by atoms with Gasteiger partial charge in [0.1, 0.15) is 5.75 Å². The van der Waals surface area contributed by atoms with Crippen molar-refractivity contribution < 1.29 is 9.53 Å². The molecule has 5 heteroatoms. The number of fused-ring (bicyclic) bond motifs is 1. The Kier molecular flexibility index (Phi) is 4.69. The fourth-order valence-corrected chi connectivity index (χ4v) is 3.30. The van der Waals surface area contributed by atoms with Crippen molar-refractivity contribution in [2.45, 2.75) is 12.5 Å². The summed E-state index contributed by atoms with van der Waals surface area (Å²) in [5, 5.41) is 4.40. The SMILES string of the molecule is O=C(COc1ccnc2ccccc12)N1CCC(Nc2ccccc2)C1. The first-order valence-electron chi connectivity index (χ1n) is 8.85. The first kappa shape index (κ1) is 16.4. The van der Waals surface area contributed by atoms with Crippen molar-refractivity contribution in [3.8, 4) is 5.75 Å². The Morgan fingerprint density at radius 3 is 2.81 bits per heavy atom. The predicted molar refractivity (Wildman–Crippen MR) is 102 cm³/mol. The largest absolute Gasteiger partial charge is 0.483 e. The summed E-state index contributed by atoms with van der Waals surface area (Å²) < 4.78 is 5.80. The minimum absolute atomic E-state index is 0.0169. The zero-order valence-corrected chi connectivity index (χ0v) is 14.5. The third-order valence-corrected chi connectivity index (χ3v) is 4.65. The molecule has 1 saturated heterocycles. The molecule has 1 amide bonds. The number of carbonyl (C=O) groups is 1. The van der Waals surface area contributed by atoms with Gasteiger partial charge in [0.2, 0.25) is 0 Å². The van der Waals surface area contributed by atoms with Crippen LogP contribution in [0.1, 0.15) is 6.42 Å². The standard InChI is InChI=1S/C21H21N3O2/c25-21(15-26-20-10-12-22-19-9-5-4-8-18(19)20)24-13-11-17(14-24)23-16-6-2-1-3-7-16/h1-10,12,17,23H,11,13-15H2. The van der Waals surface area contributed by atoms with Crippen LogP contribution < -0.4 is 10.1 Å². The van der Waals surface area contributed by atoms with Gasteiger partial charge in [-0.3, -0.25) is 9.78 Å². The summed E-state index contributed by atoms with van der Waals surface area (Å²) in [6.45, 7) is 1.50. The highest BCUT2D eigenvalue weighted by Gasteiger charge is 2.26. The number of aromatic nitrogens is 1. The number of amides is 1. The van der Waals surface area contributed by atoms with Crippen LogP contribution in [0.25, 0.3) is 10.9 Å². The number of anilines is 1. The number of para-hydroxylation sites is 2. The number of carbonyl (C=O) groups excluding carboxylic acids is 1. The quantitative estimate of drug-likeness (QED) is 0.769. The van der Waals surface area contributed by atoms with E-state index >= 15 is 0 Å². The molecule has 2 aromatic carbocycles. The van der Waals surface area contributed by atoms with Gasteiger partial charge in [-0.05, 0) is 36.8 Å². The third kappa shape index (κ3) is 3.61. The molecule has 132 valence electrons. The van der Waals surface area contributed by atoms with E-state index in [1.54, 1.807) is 12.3 Å². The fraction of sp³-hybridized carbons (Fsp3) is 0.238. The van der Waals surface area contributed by atoms with Crippen LogP contribution in [0, 0.1) is 0 Å². The lowest BCUT2D eigenvalue weighted by molar-refractivity contribution is -0.132. The van der Waals surface area contributed by atoms with Gasteiger partial charge in [0.05, 0.1) is 5.52 Å². The zero-order valence-electron chi connectivity index (χ0n) is 14.5. The van der Waals surface area contributed by atoms with Crippen LogP contribution in [0.2, 0.25) is 0 Å². The van der Waals surface area contributed by atoms with E-state index in [0.717, 1.165) is 29.6 Å². The maximum Gasteiger partial charge on any atom is 0.260 e. The molecule has 3 aromatic rings. The summed E-state index contributed by atoms with van der Waals surface area (Å²) in [5.41, 5.74) is 1.96. The second-order valence-corrected chi connectivity index (χ2v) is 6.45. The highest BCUT2D eigenvalue weighted by atomic mass is 16.5. The Morgan fingerprint density at radius 1 is 1.12 bits per heavy atom. The maximum atomic E-state index is 12.5. The number of benzene rings is 2. The molecule has 1 unspecified atom stereocenters. The maximum absolute atomic E-state index is 12.5. The Balaban J connectivity index is 1.34. The summed E-state index contributed by atoms with van der Waals surface area (Å²) in [6.07, 6.45) is 2.65. The molecular formula is C21H21N3O2. The zero-order chi connectivity index (χ0) is 17.8. The summed E-state index contributed by atoms with van der Waals surface area (Å²) >= 11 is 0. The number of nitrogens with zero attached hydrogens (tertiary/aromatic N) is 2. The molecule has 0 saturated carbocycles. The minimum atomic E-state index is 0.0169. The molecule has 4 rings (SSSR count). The lowest BCUT2D eigenvalue weighted by atomic mass is 10.2. The number of likely N-dealkylation sites (tertiary alicyclic amines) is 1. The van der Waals surface area contributed by atoms with E-state index in [2.05, 4.69) is 10.3 Å². The summed E-state index contributed by atoms with van der Waals surface area (Å²) in [5.74, 6) is 0.713. The van der Waals surface area contributed by atoms with Crippen molar-refractivity contribution in [1.82, 2.24) is 9.88 Å². The van der Waals surface area contributed by atoms with Crippen molar-refractivity contribution in [3.63, 3.8) is 0 Å². The van der Waals surface area contributed by atoms with E-state index in [9.17, 15) is 4.79 Å². The molecule has 1 fully saturated rings. The van der Waals surface area contributed by atoms with Crippen LogP contribution in [0.3, 0.4) is 0 Å². The highest BCUT2D eigenvalue weighted by Crippen LogP contribution is 2.23. The number of pyridine rings is 1. The average Bonchev–Trinajstić information content (AvgIpc) is 3.15. The van der Waals surface area contributed by atoms with Gasteiger partial charge in [-0.1, -0.05) is 30.3 Å². The monoisotopic (exact) mass is 347 g/mol. The van der Waals surface area contributed by atoms with Crippen LogP contribution in [0.4, 0.5) is 5.69 Å². The average molecular weight is 347 g/mol. The molecule has 0 radical (unpaired) electrons. The van der Waals surface area contributed by atoms with Gasteiger partial charge in [-0.2, -0.15) is 0 Å². The van der Waals surface area contributed by atoms with Crippen molar-refractivity contribution in [3.05, 3.63) is 66.9 Å². The van der Waals surface area contributed by atoms with Crippen molar-refractivity contribution in [2.24, 2.45) is 0 Å². The summed E-state index contributed by atoms with van der Waals surface area (Å²) in [4.78, 5) is 18.7. The van der Waals surface area contributed by atoms with Crippen LogP contribution in [-0.2, 0) is 4.79 Å². The predicted octanol–water partition coefficient (Wildman–Crippen LogP) is 3.33. The van der Waals surface area contributed by atoms with E-state index in [1.807, 2.05) is 59.5 Å². The van der Waals surface area contributed by atoms with Gasteiger partial charge in [-0.25, -0.2) is 0 Å². The topological polar surface area (TPSA) is 54.5 Å². The second-order valence-electron chi connectivity index (χ2n) is 6.45. The smallest absolute Gasteiger partial charge is 0.260 e. The molecule has 1 atom stereocenters. The van der Waals surface area contributed by atoms with Crippen LogP contribution >= 0.6 is 0 Å². The molecule has 26 heavy (non-hydrogen) atoms. The van der Waals surface area contributed by atoms with Gasteiger partial charge in [0.25, 0.3) is 5.91 Å². The van der Waals surface area contributed by atoms with Crippen LogP contribution in [0.5, 0.6) is 5.75 Å². The first-order chi connectivity index (χ1) is 12.8. The molecule has 0 bridgehead atoms. The normalized spacial score (nSPS) is 16.6. The number of nitrogens with one attached hydrogen (secondary N) is 1. The van der Waals surface area contributed by atoms with E-state index in [-0.39, 0.29) is 18.6 Å². The van der Waals surface area contributed by atoms with Gasteiger partial charge < -0.3 is 15.0 Å². The van der Waals surface area contributed by atoms with Gasteiger partial charge >= 0.3 is 0 Å². The van der Waals surface area contributed by atoms with Gasteiger partial charge in [0, 0.05) is 36.4 Å². The molecule has 2 heterocycles. The van der Waals surface area contributed by atoms with Crippen LogP contribution in [0.15, 0.2) is 66.9 Å². The molecule has 1 N–H and O–H groups in total. The van der Waals surface area contributed by atoms with Gasteiger partial charge in [-0.15, -0.1) is 0 Å². The van der Waals surface area contributed by atoms with E-state index in [1.165, 1.54) is 0 Å². The highest BCUT2D eigenvalue weighted by molar-refractivity contribution is 5.85. The molecular weight excluding hydrogens is 326 g/mol. The fourth-order valence-electron chi connectivity index (χ4n) is 3.30. The third-order valence-electron chi connectivity index (χ3n) is 4.65. The molecule has 1 aromatic heterocycles. The Bertz CT molecular complexity index is 893. The minimum Gasteiger partial charge on any atom is -0.483 e. The van der Waals surface area contributed by atoms with Crippen LogP contribution in [-0.4, -0.2) is 41.5 Å². The number of rotatable bonds is 5. The molecule has 0 spiro atoms. The van der Waals surface area contributed by atoms with E-state index in [0.29, 0.717) is 12.3 Å². The lowest BCUT2D eigenvalue weighted by Crippen LogP contribution is -2.35. The second kappa shape index (κ2) is 7.44. The Hall–Kier alpha value is -3.08. The van der Waals surface area contributed by atoms with Crippen molar-refractivity contribution >= 4 is 22.5 Å². The van der Waals surface area contributed by atoms with Crippen molar-refractivity contribution in [1.29, 1.82) is 0 Å². The molecule has 1 aliphatic heterocycles. The Morgan fingerprint density at radius 2 is 1.92 bits per heavy atom. The number of hydrogen-bond acceptors (Lipinski definition) is 4. The lowest BCUT2D eigenvalue weighted by Gasteiger charge is -2.18. The number of ether oxygens (including phenoxy) is 1. The Labute approximate surface area is 152 Å². The molecule has 0 aliphatic carbocycles. The van der Waals surface area contributed by atoms with Gasteiger partial charge in [0.15, 0.2) is 6.61 Å². The number of hydrogen-bond donors (Lipinski definition) is 1.